The number of nitrogens with two attached hydrogens (primary N) is 1. The number of anilines is 1. The maximum absolute atomic E-state index is 12.2. The van der Waals surface area contributed by atoms with Crippen LogP contribution in [0.3, 0.4) is 0 Å². The number of rotatable bonds is 3. The topological polar surface area (TPSA) is 85.8 Å². The van der Waals surface area contributed by atoms with E-state index in [9.17, 15) is 4.79 Å². The number of hydrogen-bond acceptors (Lipinski definition) is 4. The number of aryl methyl sites for hydroxylation is 1. The fourth-order valence-electron chi connectivity index (χ4n) is 3.25. The van der Waals surface area contributed by atoms with Crippen LogP contribution in [0.15, 0.2) is 59.8 Å². The van der Waals surface area contributed by atoms with Gasteiger partial charge in [-0.25, -0.2) is 4.68 Å². The molecule has 27 heavy (non-hydrogen) atoms. The molecule has 0 aliphatic carbocycles. The first kappa shape index (κ1) is 17.3. The van der Waals surface area contributed by atoms with Crippen molar-refractivity contribution in [1.82, 2.24) is 14.8 Å². The highest BCUT2D eigenvalue weighted by Crippen LogP contribution is 2.36. The SMILES string of the molecule is CC1=C(C(N)=O)C(c2ccc(Cl)cc2)n2nc(-c3ccc(C)cc3)nc2N1. The Bertz CT molecular complexity index is 1050. The Morgan fingerprint density at radius 1 is 1.11 bits per heavy atom. The summed E-state index contributed by atoms with van der Waals surface area (Å²) in [6, 6.07) is 14.8. The zero-order valence-corrected chi connectivity index (χ0v) is 15.7. The first-order valence-electron chi connectivity index (χ1n) is 8.50. The predicted octanol–water partition coefficient (Wildman–Crippen LogP) is 3.68. The van der Waals surface area contributed by atoms with Crippen molar-refractivity contribution in [3.63, 3.8) is 0 Å². The number of nitrogens with zero attached hydrogens (tertiary/aromatic N) is 3. The molecule has 0 fully saturated rings. The number of aromatic nitrogens is 3. The number of halogens is 1. The van der Waals surface area contributed by atoms with Crippen molar-refractivity contribution >= 4 is 23.5 Å². The van der Waals surface area contributed by atoms with Crippen LogP contribution in [0, 0.1) is 6.92 Å². The van der Waals surface area contributed by atoms with E-state index in [-0.39, 0.29) is 0 Å². The molecule has 1 amide bonds. The number of primary amides is 1. The number of carbonyl (C=O) groups excluding carboxylic acids is 1. The summed E-state index contributed by atoms with van der Waals surface area (Å²) >= 11 is 6.02. The number of hydrogen-bond donors (Lipinski definition) is 2. The second-order valence-corrected chi connectivity index (χ2v) is 6.99. The summed E-state index contributed by atoms with van der Waals surface area (Å²) < 4.78 is 1.70. The summed E-state index contributed by atoms with van der Waals surface area (Å²) in [4.78, 5) is 16.8. The molecule has 3 aromatic rings. The lowest BCUT2D eigenvalue weighted by molar-refractivity contribution is -0.115. The zero-order chi connectivity index (χ0) is 19.1. The van der Waals surface area contributed by atoms with E-state index in [0.717, 1.165) is 16.7 Å². The smallest absolute Gasteiger partial charge is 0.248 e. The molecule has 0 saturated heterocycles. The van der Waals surface area contributed by atoms with Crippen molar-refractivity contribution in [2.75, 3.05) is 5.32 Å². The van der Waals surface area contributed by atoms with Crippen molar-refractivity contribution in [2.45, 2.75) is 19.9 Å². The largest absolute Gasteiger partial charge is 0.366 e. The minimum atomic E-state index is -0.502. The number of fused-ring (bicyclic) bond motifs is 1. The predicted molar refractivity (Wildman–Crippen MR) is 105 cm³/mol. The van der Waals surface area contributed by atoms with Crippen molar-refractivity contribution in [3.8, 4) is 11.4 Å². The lowest BCUT2D eigenvalue weighted by atomic mass is 9.95. The molecule has 0 spiro atoms. The van der Waals surface area contributed by atoms with Crippen molar-refractivity contribution < 1.29 is 4.79 Å². The Balaban J connectivity index is 1.87. The van der Waals surface area contributed by atoms with Gasteiger partial charge in [0, 0.05) is 16.3 Å². The third-order valence-electron chi connectivity index (χ3n) is 4.61. The molecule has 7 heteroatoms. The molecule has 0 saturated carbocycles. The Labute approximate surface area is 161 Å². The van der Waals surface area contributed by atoms with Crippen LogP contribution in [0.4, 0.5) is 5.95 Å². The van der Waals surface area contributed by atoms with Crippen LogP contribution in [0.1, 0.15) is 24.1 Å². The zero-order valence-electron chi connectivity index (χ0n) is 14.9. The Kier molecular flexibility index (Phi) is 4.20. The standard InChI is InChI=1S/C20H18ClN5O/c1-11-3-5-14(6-4-11)19-24-20-23-12(2)16(18(22)27)17(26(20)25-19)13-7-9-15(21)10-8-13/h3-10,17H,1-2H3,(H2,22,27)(H,23,24,25). The van der Waals surface area contributed by atoms with E-state index in [0.29, 0.717) is 28.1 Å². The second-order valence-electron chi connectivity index (χ2n) is 6.55. The number of allylic oxidation sites excluding steroid dienone is 1. The maximum Gasteiger partial charge on any atom is 0.248 e. The third-order valence-corrected chi connectivity index (χ3v) is 4.87. The van der Waals surface area contributed by atoms with Gasteiger partial charge >= 0.3 is 0 Å². The van der Waals surface area contributed by atoms with Crippen LogP contribution in [0.5, 0.6) is 0 Å². The number of benzene rings is 2. The summed E-state index contributed by atoms with van der Waals surface area (Å²) in [5.74, 6) is 0.640. The van der Waals surface area contributed by atoms with Gasteiger partial charge in [-0.05, 0) is 31.5 Å². The molecule has 1 atom stereocenters. The van der Waals surface area contributed by atoms with Gasteiger partial charge in [-0.2, -0.15) is 4.98 Å². The summed E-state index contributed by atoms with van der Waals surface area (Å²) in [6.07, 6.45) is 0. The van der Waals surface area contributed by atoms with Crippen molar-refractivity contribution in [1.29, 1.82) is 0 Å². The summed E-state index contributed by atoms with van der Waals surface area (Å²) in [5, 5.41) is 8.43. The first-order valence-corrected chi connectivity index (χ1v) is 8.88. The van der Waals surface area contributed by atoms with Gasteiger partial charge in [0.1, 0.15) is 6.04 Å². The van der Waals surface area contributed by atoms with Gasteiger partial charge in [0.15, 0.2) is 5.82 Å². The van der Waals surface area contributed by atoms with Gasteiger partial charge in [0.05, 0.1) is 5.57 Å². The third kappa shape index (κ3) is 3.08. The van der Waals surface area contributed by atoms with Crippen LogP contribution in [0.25, 0.3) is 11.4 Å². The van der Waals surface area contributed by atoms with E-state index >= 15 is 0 Å². The molecule has 1 aliphatic rings. The highest BCUT2D eigenvalue weighted by molar-refractivity contribution is 6.30. The van der Waals surface area contributed by atoms with Gasteiger partial charge < -0.3 is 11.1 Å². The quantitative estimate of drug-likeness (QED) is 0.726. The maximum atomic E-state index is 12.2. The number of amides is 1. The molecule has 0 radical (unpaired) electrons. The lowest BCUT2D eigenvalue weighted by Gasteiger charge is -2.27. The average molecular weight is 380 g/mol. The fraction of sp³-hybridized carbons (Fsp3) is 0.150. The minimum Gasteiger partial charge on any atom is -0.366 e. The Morgan fingerprint density at radius 3 is 2.41 bits per heavy atom. The summed E-state index contributed by atoms with van der Waals surface area (Å²) in [7, 11) is 0. The summed E-state index contributed by atoms with van der Waals surface area (Å²) in [6.45, 7) is 3.84. The van der Waals surface area contributed by atoms with Crippen LogP contribution >= 0.6 is 11.6 Å². The molecule has 0 bridgehead atoms. The minimum absolute atomic E-state index is 0.449. The second kappa shape index (κ2) is 6.55. The van der Waals surface area contributed by atoms with Gasteiger partial charge in [-0.15, -0.1) is 5.10 Å². The fourth-order valence-corrected chi connectivity index (χ4v) is 3.37. The normalized spacial score (nSPS) is 16.0. The van der Waals surface area contributed by atoms with E-state index in [1.165, 1.54) is 0 Å². The molecular weight excluding hydrogens is 362 g/mol. The molecule has 2 heterocycles. The van der Waals surface area contributed by atoms with Gasteiger partial charge in [-0.1, -0.05) is 53.6 Å². The monoisotopic (exact) mass is 379 g/mol. The van der Waals surface area contributed by atoms with Gasteiger partial charge in [0.2, 0.25) is 11.9 Å². The van der Waals surface area contributed by atoms with Crippen molar-refractivity contribution in [3.05, 3.63) is 76.0 Å². The van der Waals surface area contributed by atoms with E-state index in [2.05, 4.69) is 15.4 Å². The average Bonchev–Trinajstić information content (AvgIpc) is 3.05. The number of carbonyl (C=O) groups is 1. The lowest BCUT2D eigenvalue weighted by Crippen LogP contribution is -2.31. The van der Waals surface area contributed by atoms with Crippen LogP contribution in [-0.4, -0.2) is 20.7 Å². The molecule has 6 nitrogen and oxygen atoms in total. The molecule has 1 aliphatic heterocycles. The molecule has 136 valence electrons. The van der Waals surface area contributed by atoms with Crippen LogP contribution in [0.2, 0.25) is 5.02 Å². The van der Waals surface area contributed by atoms with Crippen LogP contribution in [-0.2, 0) is 4.79 Å². The first-order chi connectivity index (χ1) is 12.9. The highest BCUT2D eigenvalue weighted by atomic mass is 35.5. The molecule has 3 N–H and O–H groups in total. The van der Waals surface area contributed by atoms with E-state index < -0.39 is 11.9 Å². The van der Waals surface area contributed by atoms with Crippen molar-refractivity contribution in [2.24, 2.45) is 5.73 Å². The molecule has 1 aromatic heterocycles. The van der Waals surface area contributed by atoms with Gasteiger partial charge in [0.25, 0.3) is 0 Å². The Morgan fingerprint density at radius 2 is 1.78 bits per heavy atom. The molecule has 1 unspecified atom stereocenters. The summed E-state index contributed by atoms with van der Waals surface area (Å²) in [5.41, 5.74) is 9.71. The number of nitrogens with one attached hydrogen (secondary N) is 1. The van der Waals surface area contributed by atoms with Crippen LogP contribution < -0.4 is 11.1 Å². The molecule has 2 aromatic carbocycles. The van der Waals surface area contributed by atoms with E-state index in [1.54, 1.807) is 16.8 Å². The van der Waals surface area contributed by atoms with E-state index in [1.807, 2.05) is 50.2 Å². The molecule has 4 rings (SSSR count). The highest BCUT2D eigenvalue weighted by Gasteiger charge is 2.33. The molecular formula is C20H18ClN5O. The van der Waals surface area contributed by atoms with Gasteiger partial charge in [-0.3, -0.25) is 4.79 Å². The Hall–Kier alpha value is -3.12. The van der Waals surface area contributed by atoms with E-state index in [4.69, 9.17) is 17.3 Å².